The molecule has 2 rings (SSSR count). The predicted octanol–water partition coefficient (Wildman–Crippen LogP) is 3.10. The molecular formula is C21H29N2O4P. The van der Waals surface area contributed by atoms with Crippen LogP contribution < -0.4 is 10.6 Å². The standard InChI is InChI=1S/C21H29N2O4P/c24-21(23-15-5-4-9-18-7-2-1-3-8-18)20-12-10-19(11-13-20)17-22-14-6-16-28(25,26)27/h1-3,7-8,10-13,22H,4-6,9,14-17H2,(H,23,24)(H2,25,26,27). The first kappa shape index (κ1) is 22.3. The second kappa shape index (κ2) is 11.8. The second-order valence-corrected chi connectivity index (χ2v) is 8.59. The maximum Gasteiger partial charge on any atom is 0.325 e. The molecule has 0 aromatic heterocycles. The first-order valence-corrected chi connectivity index (χ1v) is 11.4. The van der Waals surface area contributed by atoms with Crippen molar-refractivity contribution in [2.24, 2.45) is 0 Å². The van der Waals surface area contributed by atoms with E-state index < -0.39 is 7.60 Å². The van der Waals surface area contributed by atoms with Crippen LogP contribution in [0.15, 0.2) is 54.6 Å². The summed E-state index contributed by atoms with van der Waals surface area (Å²) in [7, 11) is -3.91. The SMILES string of the molecule is O=C(NCCCCc1ccccc1)c1ccc(CNCCCP(=O)(O)O)cc1. The lowest BCUT2D eigenvalue weighted by atomic mass is 10.1. The summed E-state index contributed by atoms with van der Waals surface area (Å²) in [6.07, 6.45) is 3.32. The Morgan fingerprint density at radius 1 is 0.857 bits per heavy atom. The fourth-order valence-electron chi connectivity index (χ4n) is 2.82. The van der Waals surface area contributed by atoms with E-state index in [0.717, 1.165) is 24.8 Å². The topological polar surface area (TPSA) is 98.7 Å². The zero-order valence-corrected chi connectivity index (χ0v) is 16.9. The van der Waals surface area contributed by atoms with Crippen molar-refractivity contribution in [2.75, 3.05) is 19.3 Å². The molecule has 0 radical (unpaired) electrons. The van der Waals surface area contributed by atoms with Gasteiger partial charge in [-0.15, -0.1) is 0 Å². The molecule has 0 unspecified atom stereocenters. The molecule has 2 aromatic carbocycles. The summed E-state index contributed by atoms with van der Waals surface area (Å²) >= 11 is 0. The average molecular weight is 404 g/mol. The highest BCUT2D eigenvalue weighted by atomic mass is 31.2. The van der Waals surface area contributed by atoms with Crippen LogP contribution in [-0.2, 0) is 17.5 Å². The molecule has 152 valence electrons. The summed E-state index contributed by atoms with van der Waals surface area (Å²) in [6.45, 7) is 1.80. The van der Waals surface area contributed by atoms with Crippen molar-refractivity contribution in [1.82, 2.24) is 10.6 Å². The fraction of sp³-hybridized carbons (Fsp3) is 0.381. The highest BCUT2D eigenvalue weighted by molar-refractivity contribution is 7.51. The van der Waals surface area contributed by atoms with Crippen molar-refractivity contribution < 1.29 is 19.1 Å². The summed E-state index contributed by atoms with van der Waals surface area (Å²) in [5.41, 5.74) is 2.98. The molecule has 7 heteroatoms. The van der Waals surface area contributed by atoms with E-state index in [4.69, 9.17) is 9.79 Å². The van der Waals surface area contributed by atoms with Crippen LogP contribution in [-0.4, -0.2) is 34.9 Å². The summed E-state index contributed by atoms with van der Waals surface area (Å²) in [6, 6.07) is 17.7. The number of rotatable bonds is 12. The molecule has 0 fully saturated rings. The van der Waals surface area contributed by atoms with E-state index in [-0.39, 0.29) is 12.1 Å². The van der Waals surface area contributed by atoms with Crippen molar-refractivity contribution in [1.29, 1.82) is 0 Å². The largest absolute Gasteiger partial charge is 0.352 e. The molecule has 2 aromatic rings. The molecule has 0 aliphatic carbocycles. The van der Waals surface area contributed by atoms with Gasteiger partial charge in [-0.05, 0) is 55.5 Å². The van der Waals surface area contributed by atoms with Gasteiger partial charge in [-0.2, -0.15) is 0 Å². The van der Waals surface area contributed by atoms with Gasteiger partial charge in [0.2, 0.25) is 0 Å². The summed E-state index contributed by atoms with van der Waals surface area (Å²) < 4.78 is 10.8. The zero-order valence-electron chi connectivity index (χ0n) is 16.0. The molecule has 0 bridgehead atoms. The van der Waals surface area contributed by atoms with Gasteiger partial charge in [0.25, 0.3) is 5.91 Å². The van der Waals surface area contributed by atoms with Gasteiger partial charge in [0.05, 0.1) is 6.16 Å². The minimum atomic E-state index is -3.91. The maximum absolute atomic E-state index is 12.2. The van der Waals surface area contributed by atoms with Crippen LogP contribution in [0.3, 0.4) is 0 Å². The monoisotopic (exact) mass is 404 g/mol. The molecule has 28 heavy (non-hydrogen) atoms. The van der Waals surface area contributed by atoms with Crippen LogP contribution in [0.4, 0.5) is 0 Å². The van der Waals surface area contributed by atoms with Gasteiger partial charge in [0.15, 0.2) is 0 Å². The lowest BCUT2D eigenvalue weighted by molar-refractivity contribution is 0.0953. The molecule has 0 atom stereocenters. The second-order valence-electron chi connectivity index (χ2n) is 6.81. The summed E-state index contributed by atoms with van der Waals surface area (Å²) in [5.74, 6) is -0.0686. The number of hydrogen-bond acceptors (Lipinski definition) is 3. The van der Waals surface area contributed by atoms with E-state index in [2.05, 4.69) is 22.8 Å². The Labute approximate surface area is 166 Å². The van der Waals surface area contributed by atoms with E-state index >= 15 is 0 Å². The number of carbonyl (C=O) groups is 1. The van der Waals surface area contributed by atoms with Crippen LogP contribution in [0.1, 0.15) is 40.7 Å². The van der Waals surface area contributed by atoms with Gasteiger partial charge in [-0.25, -0.2) is 0 Å². The first-order chi connectivity index (χ1) is 13.4. The molecule has 6 nitrogen and oxygen atoms in total. The van der Waals surface area contributed by atoms with E-state index in [1.54, 1.807) is 12.1 Å². The predicted molar refractivity (Wildman–Crippen MR) is 111 cm³/mol. The number of carbonyl (C=O) groups excluding carboxylic acids is 1. The van der Waals surface area contributed by atoms with Crippen molar-refractivity contribution >= 4 is 13.5 Å². The average Bonchev–Trinajstić information content (AvgIpc) is 2.68. The van der Waals surface area contributed by atoms with Gasteiger partial charge >= 0.3 is 7.60 Å². The van der Waals surface area contributed by atoms with Crippen LogP contribution in [0, 0.1) is 0 Å². The third-order valence-corrected chi connectivity index (χ3v) is 5.27. The maximum atomic E-state index is 12.2. The van der Waals surface area contributed by atoms with Crippen LogP contribution >= 0.6 is 7.60 Å². The first-order valence-electron chi connectivity index (χ1n) is 9.60. The molecule has 4 N–H and O–H groups in total. The number of aryl methyl sites for hydroxylation is 1. The Balaban J connectivity index is 1.61. The molecular weight excluding hydrogens is 375 g/mol. The van der Waals surface area contributed by atoms with E-state index in [1.807, 2.05) is 30.3 Å². The number of unbranched alkanes of at least 4 members (excludes halogenated alkanes) is 1. The highest BCUT2D eigenvalue weighted by Crippen LogP contribution is 2.34. The lowest BCUT2D eigenvalue weighted by Gasteiger charge is -2.08. The Bertz CT molecular complexity index is 760. The Morgan fingerprint density at radius 3 is 2.25 bits per heavy atom. The number of benzene rings is 2. The Hall–Kier alpha value is -1.98. The van der Waals surface area contributed by atoms with Gasteiger partial charge < -0.3 is 20.4 Å². The van der Waals surface area contributed by atoms with Gasteiger partial charge in [-0.1, -0.05) is 42.5 Å². The number of hydrogen-bond donors (Lipinski definition) is 4. The quantitative estimate of drug-likeness (QED) is 0.322. The van der Waals surface area contributed by atoms with Crippen molar-refractivity contribution in [3.05, 3.63) is 71.3 Å². The molecule has 0 heterocycles. The molecule has 0 aliphatic rings. The Kier molecular flexibility index (Phi) is 9.38. The third kappa shape index (κ3) is 9.29. The summed E-state index contributed by atoms with van der Waals surface area (Å²) in [5, 5.41) is 6.09. The normalized spacial score (nSPS) is 11.4. The third-order valence-electron chi connectivity index (χ3n) is 4.37. The molecule has 0 spiro atoms. The number of nitrogens with one attached hydrogen (secondary N) is 2. The fourth-order valence-corrected chi connectivity index (χ4v) is 3.39. The minimum Gasteiger partial charge on any atom is -0.352 e. The van der Waals surface area contributed by atoms with Crippen LogP contribution in [0.5, 0.6) is 0 Å². The molecule has 0 aliphatic heterocycles. The van der Waals surface area contributed by atoms with Gasteiger partial charge in [0.1, 0.15) is 0 Å². The Morgan fingerprint density at radius 2 is 1.57 bits per heavy atom. The van der Waals surface area contributed by atoms with Gasteiger partial charge in [-0.3, -0.25) is 9.36 Å². The van der Waals surface area contributed by atoms with Crippen molar-refractivity contribution in [3.63, 3.8) is 0 Å². The summed E-state index contributed by atoms with van der Waals surface area (Å²) in [4.78, 5) is 29.8. The van der Waals surface area contributed by atoms with E-state index in [1.165, 1.54) is 5.56 Å². The molecule has 1 amide bonds. The molecule has 0 saturated heterocycles. The zero-order chi connectivity index (χ0) is 20.2. The van der Waals surface area contributed by atoms with Crippen LogP contribution in [0.25, 0.3) is 0 Å². The number of amides is 1. The lowest BCUT2D eigenvalue weighted by Crippen LogP contribution is -2.24. The smallest absolute Gasteiger partial charge is 0.325 e. The minimum absolute atomic E-state index is 0.0686. The van der Waals surface area contributed by atoms with Crippen LogP contribution in [0.2, 0.25) is 0 Å². The van der Waals surface area contributed by atoms with E-state index in [0.29, 0.717) is 31.6 Å². The highest BCUT2D eigenvalue weighted by Gasteiger charge is 2.11. The van der Waals surface area contributed by atoms with Gasteiger partial charge in [0, 0.05) is 18.7 Å². The van der Waals surface area contributed by atoms with Crippen molar-refractivity contribution in [2.45, 2.75) is 32.2 Å². The molecule has 0 saturated carbocycles. The van der Waals surface area contributed by atoms with E-state index in [9.17, 15) is 9.36 Å². The van der Waals surface area contributed by atoms with Crippen molar-refractivity contribution in [3.8, 4) is 0 Å².